The van der Waals surface area contributed by atoms with Crippen molar-refractivity contribution in [2.45, 2.75) is 20.1 Å². The Morgan fingerprint density at radius 1 is 0.900 bits per heavy atom. The average Bonchev–Trinajstić information content (AvgIpc) is 2.97. The van der Waals surface area contributed by atoms with Crippen LogP contribution < -0.4 is 24.4 Å². The molecule has 0 saturated carbocycles. The van der Waals surface area contributed by atoms with Crippen LogP contribution in [-0.4, -0.2) is 25.8 Å². The van der Waals surface area contributed by atoms with E-state index in [4.69, 9.17) is 30.5 Å². The molecule has 9 heteroatoms. The van der Waals surface area contributed by atoms with E-state index in [1.165, 1.54) is 19.4 Å². The summed E-state index contributed by atoms with van der Waals surface area (Å²) in [5.41, 5.74) is 4.80. The van der Waals surface area contributed by atoms with E-state index in [0.717, 1.165) is 5.56 Å². The molecule has 0 aliphatic rings. The molecular weight excluding hydrogens is 535 g/mol. The van der Waals surface area contributed by atoms with Gasteiger partial charge in [-0.15, -0.1) is 0 Å². The lowest BCUT2D eigenvalue weighted by Crippen LogP contribution is -2.17. The first kappa shape index (κ1) is 28.4. The summed E-state index contributed by atoms with van der Waals surface area (Å²) in [6.07, 6.45) is 1.42. The molecule has 0 heterocycles. The van der Waals surface area contributed by atoms with E-state index in [0.29, 0.717) is 47.2 Å². The van der Waals surface area contributed by atoms with Crippen molar-refractivity contribution in [1.82, 2.24) is 5.43 Å². The van der Waals surface area contributed by atoms with Crippen molar-refractivity contribution in [3.63, 3.8) is 0 Å². The number of nitrogens with one attached hydrogen (secondary N) is 1. The highest BCUT2D eigenvalue weighted by Crippen LogP contribution is 2.37. The third kappa shape index (κ3) is 7.51. The third-order valence-electron chi connectivity index (χ3n) is 5.70. The van der Waals surface area contributed by atoms with Crippen LogP contribution >= 0.6 is 11.6 Å². The monoisotopic (exact) mass is 562 g/mol. The molecule has 1 N–H and O–H groups in total. The van der Waals surface area contributed by atoms with E-state index in [2.05, 4.69) is 10.5 Å². The molecule has 0 radical (unpaired) electrons. The number of ether oxygens (including phenoxy) is 4. The second kappa shape index (κ2) is 14.0. The predicted octanol–water partition coefficient (Wildman–Crippen LogP) is 6.81. The Morgan fingerprint density at radius 3 is 2.42 bits per heavy atom. The maximum atomic E-state index is 13.9. The highest BCUT2D eigenvalue weighted by molar-refractivity contribution is 6.32. The van der Waals surface area contributed by atoms with Gasteiger partial charge in [0, 0.05) is 11.1 Å². The third-order valence-corrected chi connectivity index (χ3v) is 5.98. The topological polar surface area (TPSA) is 78.4 Å². The van der Waals surface area contributed by atoms with Gasteiger partial charge in [0.15, 0.2) is 23.0 Å². The van der Waals surface area contributed by atoms with Gasteiger partial charge in [-0.05, 0) is 54.4 Å². The van der Waals surface area contributed by atoms with Gasteiger partial charge in [0.05, 0.1) is 25.0 Å². The van der Waals surface area contributed by atoms with E-state index in [9.17, 15) is 9.18 Å². The second-order valence-corrected chi connectivity index (χ2v) is 8.89. The minimum Gasteiger partial charge on any atom is -0.493 e. The summed E-state index contributed by atoms with van der Waals surface area (Å²) < 4.78 is 36.7. The number of amides is 1. The van der Waals surface area contributed by atoms with Crippen LogP contribution in [0.2, 0.25) is 5.02 Å². The van der Waals surface area contributed by atoms with E-state index >= 15 is 0 Å². The van der Waals surface area contributed by atoms with Gasteiger partial charge in [-0.3, -0.25) is 4.79 Å². The summed E-state index contributed by atoms with van der Waals surface area (Å²) in [6, 6.07) is 24.2. The first-order chi connectivity index (χ1) is 19.5. The molecule has 1 amide bonds. The number of methoxy groups -OCH3 is 1. The first-order valence-corrected chi connectivity index (χ1v) is 12.9. The van der Waals surface area contributed by atoms with Crippen LogP contribution in [0.1, 0.15) is 34.0 Å². The molecule has 0 aromatic heterocycles. The maximum absolute atomic E-state index is 13.9. The number of carbonyl (C=O) groups is 1. The van der Waals surface area contributed by atoms with Crippen molar-refractivity contribution >= 4 is 23.7 Å². The van der Waals surface area contributed by atoms with E-state index in [1.54, 1.807) is 48.5 Å². The van der Waals surface area contributed by atoms with Gasteiger partial charge < -0.3 is 18.9 Å². The Kier molecular flexibility index (Phi) is 9.96. The van der Waals surface area contributed by atoms with Crippen LogP contribution in [0.4, 0.5) is 4.39 Å². The highest BCUT2D eigenvalue weighted by Gasteiger charge is 2.14. The molecule has 40 heavy (non-hydrogen) atoms. The lowest BCUT2D eigenvalue weighted by molar-refractivity contribution is 0.0954. The van der Waals surface area contributed by atoms with Crippen molar-refractivity contribution in [2.75, 3.05) is 13.7 Å². The van der Waals surface area contributed by atoms with E-state index in [-0.39, 0.29) is 23.2 Å². The maximum Gasteiger partial charge on any atom is 0.271 e. The summed E-state index contributed by atoms with van der Waals surface area (Å²) in [5, 5.41) is 4.29. The fourth-order valence-corrected chi connectivity index (χ4v) is 4.00. The number of benzene rings is 4. The lowest BCUT2D eigenvalue weighted by atomic mass is 10.2. The lowest BCUT2D eigenvalue weighted by Gasteiger charge is -2.14. The molecule has 4 aromatic carbocycles. The largest absolute Gasteiger partial charge is 0.493 e. The Morgan fingerprint density at radius 2 is 1.68 bits per heavy atom. The molecule has 0 aliphatic heterocycles. The van der Waals surface area contributed by atoms with Gasteiger partial charge >= 0.3 is 0 Å². The molecule has 206 valence electrons. The fourth-order valence-electron chi connectivity index (χ4n) is 3.72. The van der Waals surface area contributed by atoms with Crippen molar-refractivity contribution in [1.29, 1.82) is 0 Å². The van der Waals surface area contributed by atoms with Gasteiger partial charge in [0.1, 0.15) is 19.0 Å². The number of hydrazone groups is 1. The molecule has 7 nitrogen and oxygen atoms in total. The van der Waals surface area contributed by atoms with Gasteiger partial charge in [0.25, 0.3) is 5.91 Å². The zero-order valence-electron chi connectivity index (χ0n) is 22.0. The van der Waals surface area contributed by atoms with Crippen LogP contribution in [0, 0.1) is 5.82 Å². The minimum absolute atomic E-state index is 0.0218. The van der Waals surface area contributed by atoms with Gasteiger partial charge in [-0.25, -0.2) is 9.82 Å². The Labute approximate surface area is 237 Å². The number of nitrogens with zero attached hydrogens (tertiary/aromatic N) is 1. The zero-order valence-corrected chi connectivity index (χ0v) is 22.8. The normalized spacial score (nSPS) is 10.8. The van der Waals surface area contributed by atoms with Crippen molar-refractivity contribution < 1.29 is 28.1 Å². The molecule has 0 unspecified atom stereocenters. The summed E-state index contributed by atoms with van der Waals surface area (Å²) in [7, 11) is 1.47. The van der Waals surface area contributed by atoms with Crippen LogP contribution in [0.25, 0.3) is 0 Å². The van der Waals surface area contributed by atoms with Crippen molar-refractivity contribution in [3.05, 3.63) is 118 Å². The van der Waals surface area contributed by atoms with Crippen LogP contribution in [0.3, 0.4) is 0 Å². The standard InChI is InChI=1S/C31H28ClFN2O5/c1-3-38-28-17-23(13-14-27(28)39-19-21-9-5-4-6-10-21)31(36)35-34-18-22-15-25(32)30(29(16-22)37-2)40-20-24-11-7-8-12-26(24)33/h4-18H,3,19-20H2,1-2H3,(H,35,36)/b34-18+. The quantitative estimate of drug-likeness (QED) is 0.152. The van der Waals surface area contributed by atoms with Crippen molar-refractivity contribution in [3.8, 4) is 23.0 Å². The van der Waals surface area contributed by atoms with Crippen LogP contribution in [0.5, 0.6) is 23.0 Å². The highest BCUT2D eigenvalue weighted by atomic mass is 35.5. The first-order valence-electron chi connectivity index (χ1n) is 12.5. The smallest absolute Gasteiger partial charge is 0.271 e. The second-order valence-electron chi connectivity index (χ2n) is 8.48. The fraction of sp³-hybridized carbons (Fsp3) is 0.161. The van der Waals surface area contributed by atoms with Gasteiger partial charge in [0.2, 0.25) is 0 Å². The molecule has 0 spiro atoms. The minimum atomic E-state index is -0.435. The Hall–Kier alpha value is -4.56. The van der Waals surface area contributed by atoms with E-state index < -0.39 is 5.91 Å². The SMILES string of the molecule is CCOc1cc(C(=O)N/N=C/c2cc(Cl)c(OCc3ccccc3F)c(OC)c2)ccc1OCc1ccccc1. The predicted molar refractivity (Wildman–Crippen MR) is 152 cm³/mol. The summed E-state index contributed by atoms with van der Waals surface area (Å²) in [5.74, 6) is 0.785. The molecule has 0 fully saturated rings. The molecule has 0 atom stereocenters. The summed E-state index contributed by atoms with van der Waals surface area (Å²) in [6.45, 7) is 2.61. The molecule has 4 rings (SSSR count). The van der Waals surface area contributed by atoms with E-state index in [1.807, 2.05) is 37.3 Å². The van der Waals surface area contributed by atoms with Crippen molar-refractivity contribution in [2.24, 2.45) is 5.10 Å². The zero-order chi connectivity index (χ0) is 28.3. The Balaban J connectivity index is 1.41. The number of hydrogen-bond donors (Lipinski definition) is 1. The number of carbonyl (C=O) groups excluding carboxylic acids is 1. The summed E-state index contributed by atoms with van der Waals surface area (Å²) in [4.78, 5) is 12.8. The molecular formula is C31H28ClFN2O5. The number of halogens is 2. The van der Waals surface area contributed by atoms with Gasteiger partial charge in [-0.2, -0.15) is 5.10 Å². The number of rotatable bonds is 12. The molecule has 4 aromatic rings. The molecule has 0 saturated heterocycles. The van der Waals surface area contributed by atoms with Crippen LogP contribution in [0.15, 0.2) is 90.0 Å². The average molecular weight is 563 g/mol. The van der Waals surface area contributed by atoms with Crippen LogP contribution in [-0.2, 0) is 13.2 Å². The molecule has 0 bridgehead atoms. The molecule has 0 aliphatic carbocycles. The Bertz CT molecular complexity index is 1480. The number of hydrogen-bond acceptors (Lipinski definition) is 6. The van der Waals surface area contributed by atoms with Gasteiger partial charge in [-0.1, -0.05) is 60.1 Å². The summed E-state index contributed by atoms with van der Waals surface area (Å²) >= 11 is 6.41.